The molecular formula is C46H27N3. The van der Waals surface area contributed by atoms with Crippen molar-refractivity contribution in [1.29, 1.82) is 0 Å². The number of para-hydroxylation sites is 2. The predicted octanol–water partition coefficient (Wildman–Crippen LogP) is 12.0. The maximum Gasteiger partial charge on any atom is 0.165 e. The topological polar surface area (TPSA) is 30.7 Å². The minimum Gasteiger partial charge on any atom is -0.292 e. The van der Waals surface area contributed by atoms with Gasteiger partial charge in [-0.3, -0.25) is 4.57 Å². The minimum absolute atomic E-state index is 0.831. The van der Waals surface area contributed by atoms with E-state index in [0.29, 0.717) is 0 Å². The van der Waals surface area contributed by atoms with Crippen molar-refractivity contribution in [3.05, 3.63) is 164 Å². The highest BCUT2D eigenvalue weighted by molar-refractivity contribution is 6.27. The summed E-state index contributed by atoms with van der Waals surface area (Å²) in [6.45, 7) is 0. The van der Waals surface area contributed by atoms with Crippen LogP contribution in [0.2, 0.25) is 0 Å². The summed E-state index contributed by atoms with van der Waals surface area (Å²) < 4.78 is 2.35. The molecular weight excluding hydrogens is 595 g/mol. The monoisotopic (exact) mass is 621 g/mol. The van der Waals surface area contributed by atoms with E-state index in [-0.39, 0.29) is 0 Å². The van der Waals surface area contributed by atoms with Gasteiger partial charge in [-0.25, -0.2) is 9.97 Å². The average Bonchev–Trinajstić information content (AvgIpc) is 3.45. The standard InChI is InChI=1S/C46H27N3/c1-2-14-32-28(10-1)11-5-15-33(32)29-24-26-31(27-25-29)45-46(48-39-21-4-3-20-38(39)47-45)49-40-22-8-18-36-34-16-6-12-30-13-7-17-35(42(30)34)37-19-9-23-41(49)44(37)43(36)40/h1-27H. The second-order valence-corrected chi connectivity index (χ2v) is 12.9. The molecule has 0 amide bonds. The van der Waals surface area contributed by atoms with E-state index in [4.69, 9.17) is 9.97 Å². The summed E-state index contributed by atoms with van der Waals surface area (Å²) in [7, 11) is 0. The van der Waals surface area contributed by atoms with Gasteiger partial charge in [0.05, 0.1) is 22.1 Å². The van der Waals surface area contributed by atoms with Crippen LogP contribution >= 0.6 is 0 Å². The molecule has 0 N–H and O–H groups in total. The first-order valence-electron chi connectivity index (χ1n) is 16.8. The van der Waals surface area contributed by atoms with Crippen LogP contribution in [0.15, 0.2) is 164 Å². The lowest BCUT2D eigenvalue weighted by molar-refractivity contribution is 1.08. The molecule has 0 unspecified atom stereocenters. The molecule has 0 saturated heterocycles. The van der Waals surface area contributed by atoms with Crippen LogP contribution in [0.25, 0.3) is 105 Å². The molecule has 0 saturated carbocycles. The summed E-state index contributed by atoms with van der Waals surface area (Å²) in [6.07, 6.45) is 0. The molecule has 0 aliphatic heterocycles. The zero-order valence-corrected chi connectivity index (χ0v) is 26.4. The third kappa shape index (κ3) is 3.73. The molecule has 0 bridgehead atoms. The fourth-order valence-electron chi connectivity index (χ4n) is 8.20. The van der Waals surface area contributed by atoms with Gasteiger partial charge in [0.2, 0.25) is 0 Å². The Kier molecular flexibility index (Phi) is 5.38. The van der Waals surface area contributed by atoms with Crippen molar-refractivity contribution in [3.63, 3.8) is 0 Å². The van der Waals surface area contributed by atoms with Crippen molar-refractivity contribution in [2.24, 2.45) is 0 Å². The molecule has 0 fully saturated rings. The number of rotatable bonds is 3. The Hall–Kier alpha value is -6.58. The average molecular weight is 622 g/mol. The maximum atomic E-state index is 5.40. The van der Waals surface area contributed by atoms with Crippen molar-refractivity contribution in [3.8, 4) is 50.5 Å². The molecule has 11 rings (SSSR count). The lowest BCUT2D eigenvalue weighted by atomic mass is 9.93. The summed E-state index contributed by atoms with van der Waals surface area (Å²) in [4.78, 5) is 10.7. The molecule has 1 aliphatic carbocycles. The second-order valence-electron chi connectivity index (χ2n) is 12.9. The fourth-order valence-corrected chi connectivity index (χ4v) is 8.20. The SMILES string of the molecule is c1ccc2c(-c3ccc(-c4nc5ccccc5nc4-n4c5cccc6c5c5c(cccc54)-c4cccc5cccc-6c45)cc3)cccc2c1. The van der Waals surface area contributed by atoms with E-state index in [1.54, 1.807) is 0 Å². The third-order valence-corrected chi connectivity index (χ3v) is 10.3. The molecule has 49 heavy (non-hydrogen) atoms. The van der Waals surface area contributed by atoms with Crippen LogP contribution in [0.1, 0.15) is 0 Å². The predicted molar refractivity (Wildman–Crippen MR) is 204 cm³/mol. The van der Waals surface area contributed by atoms with E-state index in [1.807, 2.05) is 12.1 Å². The first-order chi connectivity index (χ1) is 24.3. The van der Waals surface area contributed by atoms with Crippen LogP contribution < -0.4 is 0 Å². The van der Waals surface area contributed by atoms with E-state index >= 15 is 0 Å². The maximum absolute atomic E-state index is 5.40. The Morgan fingerprint density at radius 3 is 1.51 bits per heavy atom. The Morgan fingerprint density at radius 2 is 0.837 bits per heavy atom. The van der Waals surface area contributed by atoms with Gasteiger partial charge >= 0.3 is 0 Å². The van der Waals surface area contributed by atoms with Gasteiger partial charge in [-0.1, -0.05) is 140 Å². The number of nitrogens with zero attached hydrogens (tertiary/aromatic N) is 3. The summed E-state index contributed by atoms with van der Waals surface area (Å²) in [6, 6.07) is 58.9. The van der Waals surface area contributed by atoms with E-state index in [0.717, 1.165) is 39.1 Å². The molecule has 2 aromatic heterocycles. The lowest BCUT2D eigenvalue weighted by Gasteiger charge is -2.16. The quantitative estimate of drug-likeness (QED) is 0.196. The molecule has 0 spiro atoms. The summed E-state index contributed by atoms with van der Waals surface area (Å²) >= 11 is 0. The van der Waals surface area contributed by atoms with Crippen LogP contribution in [0, 0.1) is 0 Å². The Morgan fingerprint density at radius 1 is 0.347 bits per heavy atom. The molecule has 1 aliphatic rings. The van der Waals surface area contributed by atoms with Crippen molar-refractivity contribution in [1.82, 2.24) is 14.5 Å². The number of benzene rings is 8. The molecule has 3 nitrogen and oxygen atoms in total. The van der Waals surface area contributed by atoms with E-state index < -0.39 is 0 Å². The smallest absolute Gasteiger partial charge is 0.165 e. The van der Waals surface area contributed by atoms with Crippen LogP contribution in [0.5, 0.6) is 0 Å². The zero-order valence-electron chi connectivity index (χ0n) is 26.4. The Balaban J connectivity index is 1.20. The highest BCUT2D eigenvalue weighted by Gasteiger charge is 2.26. The molecule has 0 atom stereocenters. The van der Waals surface area contributed by atoms with Gasteiger partial charge in [-0.05, 0) is 79.2 Å². The highest BCUT2D eigenvalue weighted by Crippen LogP contribution is 2.49. The van der Waals surface area contributed by atoms with Gasteiger partial charge in [0, 0.05) is 16.3 Å². The molecule has 0 radical (unpaired) electrons. The molecule has 2 heterocycles. The van der Waals surface area contributed by atoms with E-state index in [1.165, 1.54) is 65.7 Å². The molecule has 226 valence electrons. The largest absolute Gasteiger partial charge is 0.292 e. The minimum atomic E-state index is 0.831. The zero-order chi connectivity index (χ0) is 32.1. The van der Waals surface area contributed by atoms with Crippen molar-refractivity contribution in [2.75, 3.05) is 0 Å². The van der Waals surface area contributed by atoms with Gasteiger partial charge < -0.3 is 0 Å². The van der Waals surface area contributed by atoms with Crippen molar-refractivity contribution in [2.45, 2.75) is 0 Å². The first-order valence-corrected chi connectivity index (χ1v) is 16.8. The Bertz CT molecular complexity index is 2880. The second kappa shape index (κ2) is 9.96. The van der Waals surface area contributed by atoms with Crippen LogP contribution in [-0.4, -0.2) is 14.5 Å². The van der Waals surface area contributed by atoms with Crippen LogP contribution in [0.3, 0.4) is 0 Å². The van der Waals surface area contributed by atoms with Gasteiger partial charge in [-0.15, -0.1) is 0 Å². The summed E-state index contributed by atoms with van der Waals surface area (Å²) in [5.41, 5.74) is 13.3. The summed E-state index contributed by atoms with van der Waals surface area (Å²) in [5.74, 6) is 0.831. The van der Waals surface area contributed by atoms with Gasteiger partial charge in [0.15, 0.2) is 5.82 Å². The van der Waals surface area contributed by atoms with Crippen LogP contribution in [-0.2, 0) is 0 Å². The number of fused-ring (bicyclic) bond motifs is 4. The fraction of sp³-hybridized carbons (Fsp3) is 0. The number of hydrogen-bond donors (Lipinski definition) is 0. The van der Waals surface area contributed by atoms with E-state index in [2.05, 4.69) is 156 Å². The highest BCUT2D eigenvalue weighted by atomic mass is 15.1. The molecule has 8 aromatic carbocycles. The van der Waals surface area contributed by atoms with Crippen molar-refractivity contribution < 1.29 is 0 Å². The van der Waals surface area contributed by atoms with Gasteiger partial charge in [-0.2, -0.15) is 0 Å². The Labute approximate surface area is 282 Å². The first kappa shape index (κ1) is 26.5. The van der Waals surface area contributed by atoms with Crippen molar-refractivity contribution >= 4 is 54.4 Å². The van der Waals surface area contributed by atoms with Gasteiger partial charge in [0.25, 0.3) is 0 Å². The normalized spacial score (nSPS) is 12.1. The lowest BCUT2D eigenvalue weighted by Crippen LogP contribution is -2.04. The summed E-state index contributed by atoms with van der Waals surface area (Å²) in [5, 5.41) is 7.57. The van der Waals surface area contributed by atoms with Gasteiger partial charge in [0.1, 0.15) is 5.69 Å². The third-order valence-electron chi connectivity index (χ3n) is 10.3. The number of aromatic nitrogens is 3. The van der Waals surface area contributed by atoms with E-state index in [9.17, 15) is 0 Å². The molecule has 3 heteroatoms. The van der Waals surface area contributed by atoms with Crippen LogP contribution in [0.4, 0.5) is 0 Å². The molecule has 10 aromatic rings. The number of hydrogen-bond acceptors (Lipinski definition) is 2.